The lowest BCUT2D eigenvalue weighted by molar-refractivity contribution is -0.115. The topological polar surface area (TPSA) is 87.0 Å². The van der Waals surface area contributed by atoms with Gasteiger partial charge in [0.1, 0.15) is 16.9 Å². The zero-order chi connectivity index (χ0) is 19.6. The van der Waals surface area contributed by atoms with Crippen LogP contribution in [-0.2, 0) is 27.5 Å². The predicted molar refractivity (Wildman–Crippen MR) is 102 cm³/mol. The number of anilines is 1. The molecule has 0 fully saturated rings. The fourth-order valence-electron chi connectivity index (χ4n) is 3.13. The first-order chi connectivity index (χ1) is 12.8. The van der Waals surface area contributed by atoms with Crippen molar-refractivity contribution in [3.05, 3.63) is 46.1 Å². The zero-order valence-electron chi connectivity index (χ0n) is 14.8. The monoisotopic (exact) mass is 406 g/mol. The van der Waals surface area contributed by atoms with Crippen LogP contribution in [0.2, 0.25) is 0 Å². The molecule has 3 rings (SSSR count). The number of carbonyl (C=O) groups excluding carboxylic acids is 1. The summed E-state index contributed by atoms with van der Waals surface area (Å²) in [5.74, 6) is -0.809. The molecular formula is C19H19FN2O3S2. The van der Waals surface area contributed by atoms with Gasteiger partial charge in [-0.3, -0.25) is 4.79 Å². The molecule has 5 nitrogen and oxygen atoms in total. The number of hydrogen-bond donors (Lipinski definition) is 1. The van der Waals surface area contributed by atoms with E-state index in [0.29, 0.717) is 16.5 Å². The van der Waals surface area contributed by atoms with Gasteiger partial charge in [0.05, 0.1) is 16.2 Å². The van der Waals surface area contributed by atoms with Gasteiger partial charge in [-0.05, 0) is 55.0 Å². The predicted octanol–water partition coefficient (Wildman–Crippen LogP) is 3.69. The maximum Gasteiger partial charge on any atom is 0.226 e. The Morgan fingerprint density at radius 3 is 2.74 bits per heavy atom. The molecule has 0 radical (unpaired) electrons. The largest absolute Gasteiger partial charge is 0.317 e. The summed E-state index contributed by atoms with van der Waals surface area (Å²) in [6, 6.07) is 6.69. The van der Waals surface area contributed by atoms with Crippen molar-refractivity contribution in [2.24, 2.45) is 5.92 Å². The number of nitriles is 1. The fourth-order valence-corrected chi connectivity index (χ4v) is 5.75. The number of thiophene rings is 1. The van der Waals surface area contributed by atoms with Crippen LogP contribution in [0.15, 0.2) is 29.2 Å². The second-order valence-electron chi connectivity index (χ2n) is 6.74. The summed E-state index contributed by atoms with van der Waals surface area (Å²) in [7, 11) is -3.68. The van der Waals surface area contributed by atoms with Crippen molar-refractivity contribution in [1.29, 1.82) is 5.26 Å². The van der Waals surface area contributed by atoms with E-state index in [1.165, 1.54) is 23.5 Å². The summed E-state index contributed by atoms with van der Waals surface area (Å²) in [6.07, 6.45) is 2.50. The van der Waals surface area contributed by atoms with Gasteiger partial charge in [0.25, 0.3) is 0 Å². The lowest BCUT2D eigenvalue weighted by Gasteiger charge is -2.17. The number of hydrogen-bond acceptors (Lipinski definition) is 5. The van der Waals surface area contributed by atoms with E-state index >= 15 is 0 Å². The van der Waals surface area contributed by atoms with Crippen molar-refractivity contribution in [3.63, 3.8) is 0 Å². The van der Waals surface area contributed by atoms with Crippen LogP contribution in [0.1, 0.15) is 35.8 Å². The third kappa shape index (κ3) is 4.37. The molecule has 0 saturated heterocycles. The highest BCUT2D eigenvalue weighted by Gasteiger charge is 2.25. The van der Waals surface area contributed by atoms with Crippen LogP contribution in [0.25, 0.3) is 0 Å². The summed E-state index contributed by atoms with van der Waals surface area (Å²) in [6.45, 7) is 2.16. The molecular weight excluding hydrogens is 387 g/mol. The van der Waals surface area contributed by atoms with E-state index in [4.69, 9.17) is 0 Å². The Bertz CT molecular complexity index is 1000. The van der Waals surface area contributed by atoms with Gasteiger partial charge in [-0.25, -0.2) is 12.8 Å². The van der Waals surface area contributed by atoms with Crippen molar-refractivity contribution in [3.8, 4) is 6.07 Å². The van der Waals surface area contributed by atoms with E-state index in [0.717, 1.165) is 41.8 Å². The molecule has 1 atom stereocenters. The maximum absolute atomic E-state index is 12.9. The highest BCUT2D eigenvalue weighted by molar-refractivity contribution is 7.91. The normalized spacial score (nSPS) is 16.4. The van der Waals surface area contributed by atoms with E-state index in [2.05, 4.69) is 18.3 Å². The molecule has 1 heterocycles. The van der Waals surface area contributed by atoms with Crippen molar-refractivity contribution in [2.45, 2.75) is 37.5 Å². The Labute approximate surface area is 161 Å². The highest BCUT2D eigenvalue weighted by Crippen LogP contribution is 2.39. The minimum atomic E-state index is -3.68. The third-order valence-corrected chi connectivity index (χ3v) is 7.55. The molecule has 1 aromatic heterocycles. The number of fused-ring (bicyclic) bond motifs is 1. The molecule has 1 aliphatic rings. The molecule has 8 heteroatoms. The molecule has 1 N–H and O–H groups in total. The first-order valence-corrected chi connectivity index (χ1v) is 11.1. The van der Waals surface area contributed by atoms with Gasteiger partial charge >= 0.3 is 0 Å². The molecule has 142 valence electrons. The Balaban J connectivity index is 1.68. The Morgan fingerprint density at radius 2 is 2.07 bits per heavy atom. The molecule has 0 spiro atoms. The van der Waals surface area contributed by atoms with Crippen LogP contribution in [0.5, 0.6) is 0 Å². The maximum atomic E-state index is 12.9. The van der Waals surface area contributed by atoms with E-state index in [9.17, 15) is 22.9 Å². The Hall–Kier alpha value is -2.24. The van der Waals surface area contributed by atoms with E-state index in [-0.39, 0.29) is 17.1 Å². The van der Waals surface area contributed by atoms with Gasteiger partial charge in [-0.1, -0.05) is 6.92 Å². The molecule has 0 unspecified atom stereocenters. The molecule has 1 aliphatic carbocycles. The van der Waals surface area contributed by atoms with Gasteiger partial charge in [-0.2, -0.15) is 5.26 Å². The number of sulfone groups is 1. The average Bonchev–Trinajstić information content (AvgIpc) is 2.96. The number of rotatable bonds is 5. The van der Waals surface area contributed by atoms with Crippen molar-refractivity contribution < 1.29 is 17.6 Å². The van der Waals surface area contributed by atoms with Gasteiger partial charge in [0, 0.05) is 11.3 Å². The number of carbonyl (C=O) groups is 1. The van der Waals surface area contributed by atoms with E-state index < -0.39 is 21.6 Å². The average molecular weight is 407 g/mol. The highest BCUT2D eigenvalue weighted by atomic mass is 32.2. The van der Waals surface area contributed by atoms with Crippen LogP contribution in [0.3, 0.4) is 0 Å². The van der Waals surface area contributed by atoms with E-state index in [1.807, 2.05) is 0 Å². The Kier molecular flexibility index (Phi) is 5.63. The summed E-state index contributed by atoms with van der Waals surface area (Å²) in [5.41, 5.74) is 1.51. The zero-order valence-corrected chi connectivity index (χ0v) is 16.4. The van der Waals surface area contributed by atoms with Gasteiger partial charge in [-0.15, -0.1) is 11.3 Å². The summed E-state index contributed by atoms with van der Waals surface area (Å²) in [5, 5.41) is 12.7. The number of benzene rings is 1. The van der Waals surface area contributed by atoms with Gasteiger partial charge in [0.15, 0.2) is 9.84 Å². The third-order valence-electron chi connectivity index (χ3n) is 4.65. The molecule has 1 amide bonds. The minimum Gasteiger partial charge on any atom is -0.317 e. The van der Waals surface area contributed by atoms with Crippen molar-refractivity contribution in [1.82, 2.24) is 0 Å². The van der Waals surface area contributed by atoms with Crippen LogP contribution in [0.4, 0.5) is 9.39 Å². The molecule has 0 aliphatic heterocycles. The SMILES string of the molecule is C[C@@H]1CCc2c(sc(NC(=O)CCS(=O)(=O)c3ccc(F)cc3)c2C#N)C1. The molecule has 1 aromatic carbocycles. The second-order valence-corrected chi connectivity index (χ2v) is 9.95. The minimum absolute atomic E-state index is 0.0185. The first kappa shape index (κ1) is 19.5. The molecule has 27 heavy (non-hydrogen) atoms. The van der Waals surface area contributed by atoms with Crippen molar-refractivity contribution >= 4 is 32.1 Å². The lowest BCUT2D eigenvalue weighted by atomic mass is 9.89. The fraction of sp³-hybridized carbons (Fsp3) is 0.368. The summed E-state index contributed by atoms with van der Waals surface area (Å²) >= 11 is 1.40. The number of halogens is 1. The molecule has 2 aromatic rings. The Morgan fingerprint density at radius 1 is 1.37 bits per heavy atom. The van der Waals surface area contributed by atoms with E-state index in [1.54, 1.807) is 0 Å². The van der Waals surface area contributed by atoms with Crippen molar-refractivity contribution in [2.75, 3.05) is 11.1 Å². The first-order valence-electron chi connectivity index (χ1n) is 8.63. The van der Waals surface area contributed by atoms with Gasteiger partial charge < -0.3 is 5.32 Å². The number of amides is 1. The molecule has 0 saturated carbocycles. The van der Waals surface area contributed by atoms with Crippen LogP contribution in [-0.4, -0.2) is 20.1 Å². The van der Waals surface area contributed by atoms with Gasteiger partial charge in [0.2, 0.25) is 5.91 Å². The summed E-state index contributed by atoms with van der Waals surface area (Å²) in [4.78, 5) is 13.4. The number of nitrogens with zero attached hydrogens (tertiary/aromatic N) is 1. The summed E-state index contributed by atoms with van der Waals surface area (Å²) < 4.78 is 37.5. The lowest BCUT2D eigenvalue weighted by Crippen LogP contribution is -2.17. The smallest absolute Gasteiger partial charge is 0.226 e. The molecule has 0 bridgehead atoms. The quantitative estimate of drug-likeness (QED) is 0.767. The van der Waals surface area contributed by atoms with Crippen LogP contribution in [0, 0.1) is 23.1 Å². The van der Waals surface area contributed by atoms with Crippen LogP contribution < -0.4 is 5.32 Å². The second kappa shape index (κ2) is 7.79. The number of nitrogens with one attached hydrogen (secondary N) is 1. The van der Waals surface area contributed by atoms with Crippen LogP contribution >= 0.6 is 11.3 Å². The standard InChI is InChI=1S/C19H19FN2O3S2/c1-12-2-7-15-16(11-21)19(26-17(15)10-12)22-18(23)8-9-27(24,25)14-5-3-13(20)4-6-14/h3-6,12H,2,7-10H2,1H3,(H,22,23)/t12-/m1/s1.